The van der Waals surface area contributed by atoms with Crippen molar-refractivity contribution < 1.29 is 23.9 Å². The second kappa shape index (κ2) is 9.62. The molecule has 26 heavy (non-hydrogen) atoms. The van der Waals surface area contributed by atoms with Crippen molar-refractivity contribution in [3.63, 3.8) is 0 Å². The van der Waals surface area contributed by atoms with E-state index in [1.54, 1.807) is 25.3 Å². The molecule has 2 aromatic rings. The van der Waals surface area contributed by atoms with Crippen LogP contribution in [0.1, 0.15) is 29.0 Å². The molecule has 0 aliphatic carbocycles. The fourth-order valence-corrected chi connectivity index (χ4v) is 2.29. The predicted molar refractivity (Wildman–Crippen MR) is 97.0 cm³/mol. The number of methoxy groups -OCH3 is 1. The highest BCUT2D eigenvalue weighted by atomic mass is 16.5. The molecule has 0 aliphatic rings. The maximum Gasteiger partial charge on any atom is 0.244 e. The van der Waals surface area contributed by atoms with E-state index in [-0.39, 0.29) is 12.5 Å². The Morgan fingerprint density at radius 2 is 2.15 bits per heavy atom. The molecule has 2 rings (SSSR count). The molecule has 0 fully saturated rings. The van der Waals surface area contributed by atoms with E-state index in [2.05, 4.69) is 10.5 Å². The highest BCUT2D eigenvalue weighted by Gasteiger charge is 2.11. The van der Waals surface area contributed by atoms with Crippen molar-refractivity contribution in [1.82, 2.24) is 10.5 Å². The van der Waals surface area contributed by atoms with Crippen molar-refractivity contribution in [2.75, 3.05) is 20.3 Å². The lowest BCUT2D eigenvalue weighted by Gasteiger charge is -2.11. The van der Waals surface area contributed by atoms with E-state index >= 15 is 0 Å². The van der Waals surface area contributed by atoms with E-state index in [0.717, 1.165) is 22.6 Å². The van der Waals surface area contributed by atoms with Gasteiger partial charge in [-0.15, -0.1) is 0 Å². The van der Waals surface area contributed by atoms with E-state index in [9.17, 15) is 4.79 Å². The van der Waals surface area contributed by atoms with Gasteiger partial charge in [-0.1, -0.05) is 11.2 Å². The van der Waals surface area contributed by atoms with Crippen molar-refractivity contribution in [3.8, 4) is 11.5 Å². The van der Waals surface area contributed by atoms with Gasteiger partial charge in [-0.05, 0) is 44.0 Å². The Balaban J connectivity index is 2.01. The summed E-state index contributed by atoms with van der Waals surface area (Å²) >= 11 is 0. The maximum absolute atomic E-state index is 11.7. The zero-order valence-corrected chi connectivity index (χ0v) is 15.2. The fourth-order valence-electron chi connectivity index (χ4n) is 2.29. The number of benzene rings is 1. The Bertz CT molecular complexity index is 748. The first-order valence-corrected chi connectivity index (χ1v) is 8.34. The SMILES string of the molecule is COc1cc(/C=C/C(=O)NCCCO)ccc1OCc1c(C)noc1C. The second-order valence-electron chi connectivity index (χ2n) is 5.70. The van der Waals surface area contributed by atoms with Gasteiger partial charge < -0.3 is 24.4 Å². The Labute approximate surface area is 152 Å². The molecule has 1 amide bonds. The Hall–Kier alpha value is -2.80. The summed E-state index contributed by atoms with van der Waals surface area (Å²) in [5.41, 5.74) is 2.52. The van der Waals surface area contributed by atoms with Crippen LogP contribution in [0.4, 0.5) is 0 Å². The van der Waals surface area contributed by atoms with Crippen molar-refractivity contribution in [3.05, 3.63) is 46.9 Å². The van der Waals surface area contributed by atoms with Gasteiger partial charge in [0.1, 0.15) is 12.4 Å². The second-order valence-corrected chi connectivity index (χ2v) is 5.70. The van der Waals surface area contributed by atoms with Crippen LogP contribution in [0.2, 0.25) is 0 Å². The molecular formula is C19H24N2O5. The molecule has 2 N–H and O–H groups in total. The number of rotatable bonds is 9. The number of aromatic nitrogens is 1. The molecule has 0 radical (unpaired) electrons. The third-order valence-corrected chi connectivity index (χ3v) is 3.80. The number of nitrogens with zero attached hydrogens (tertiary/aromatic N) is 1. The Kier molecular flexibility index (Phi) is 7.23. The molecule has 7 heteroatoms. The minimum atomic E-state index is -0.212. The standard InChI is InChI=1S/C19H24N2O5/c1-13-16(14(2)26-21-13)12-25-17-7-5-15(11-18(17)24-3)6-8-19(23)20-9-4-10-22/h5-8,11,22H,4,9-10,12H2,1-3H3,(H,20,23)/b8-6+. The van der Waals surface area contributed by atoms with Crippen LogP contribution in [0.25, 0.3) is 6.08 Å². The molecular weight excluding hydrogens is 336 g/mol. The van der Waals surface area contributed by atoms with Crippen LogP contribution in [0, 0.1) is 13.8 Å². The topological polar surface area (TPSA) is 93.8 Å². The summed E-state index contributed by atoms with van der Waals surface area (Å²) in [6, 6.07) is 5.42. The minimum absolute atomic E-state index is 0.0522. The molecule has 0 aliphatic heterocycles. The lowest BCUT2D eigenvalue weighted by atomic mass is 10.2. The molecule has 0 atom stereocenters. The third-order valence-electron chi connectivity index (χ3n) is 3.80. The van der Waals surface area contributed by atoms with Crippen molar-refractivity contribution in [2.45, 2.75) is 26.9 Å². The van der Waals surface area contributed by atoms with Gasteiger partial charge in [-0.3, -0.25) is 4.79 Å². The van der Waals surface area contributed by atoms with Crippen LogP contribution in [0.5, 0.6) is 11.5 Å². The van der Waals surface area contributed by atoms with Gasteiger partial charge in [0.15, 0.2) is 11.5 Å². The summed E-state index contributed by atoms with van der Waals surface area (Å²) in [4.78, 5) is 11.7. The van der Waals surface area contributed by atoms with Gasteiger partial charge in [0.25, 0.3) is 0 Å². The van der Waals surface area contributed by atoms with Crippen LogP contribution in [0.3, 0.4) is 0 Å². The van der Waals surface area contributed by atoms with E-state index in [1.807, 2.05) is 19.9 Å². The highest BCUT2D eigenvalue weighted by Crippen LogP contribution is 2.30. The number of hydrogen-bond acceptors (Lipinski definition) is 6. The first-order chi connectivity index (χ1) is 12.5. The lowest BCUT2D eigenvalue weighted by molar-refractivity contribution is -0.116. The van der Waals surface area contributed by atoms with Crippen LogP contribution in [0.15, 0.2) is 28.8 Å². The number of hydrogen-bond donors (Lipinski definition) is 2. The smallest absolute Gasteiger partial charge is 0.244 e. The summed E-state index contributed by atoms with van der Waals surface area (Å²) in [5, 5.41) is 15.3. The van der Waals surface area contributed by atoms with Crippen LogP contribution >= 0.6 is 0 Å². The van der Waals surface area contributed by atoms with Gasteiger partial charge in [0.05, 0.1) is 18.4 Å². The molecule has 7 nitrogen and oxygen atoms in total. The zero-order valence-electron chi connectivity index (χ0n) is 15.2. The van der Waals surface area contributed by atoms with Gasteiger partial charge in [0, 0.05) is 19.2 Å². The molecule has 140 valence electrons. The Morgan fingerprint density at radius 3 is 2.81 bits per heavy atom. The quantitative estimate of drug-likeness (QED) is 0.527. The molecule has 0 saturated carbocycles. The van der Waals surface area contributed by atoms with E-state index in [1.165, 1.54) is 6.08 Å². The average molecular weight is 360 g/mol. The molecule has 0 unspecified atom stereocenters. The van der Waals surface area contributed by atoms with Crippen LogP contribution in [-0.4, -0.2) is 36.4 Å². The summed E-state index contributed by atoms with van der Waals surface area (Å²) in [7, 11) is 1.56. The molecule has 1 heterocycles. The predicted octanol–water partition coefficient (Wildman–Crippen LogP) is 2.39. The molecule has 0 bridgehead atoms. The largest absolute Gasteiger partial charge is 0.493 e. The minimum Gasteiger partial charge on any atom is -0.493 e. The van der Waals surface area contributed by atoms with E-state index < -0.39 is 0 Å². The number of amides is 1. The summed E-state index contributed by atoms with van der Waals surface area (Å²) < 4.78 is 16.3. The zero-order chi connectivity index (χ0) is 18.9. The van der Waals surface area contributed by atoms with Crippen LogP contribution in [-0.2, 0) is 11.4 Å². The number of aliphatic hydroxyl groups excluding tert-OH is 1. The van der Waals surface area contributed by atoms with Gasteiger partial charge in [0.2, 0.25) is 5.91 Å². The summed E-state index contributed by atoms with van der Waals surface area (Å²) in [6.45, 7) is 4.54. The molecule has 0 spiro atoms. The number of aryl methyl sites for hydroxylation is 2. The summed E-state index contributed by atoms with van der Waals surface area (Å²) in [6.07, 6.45) is 3.66. The van der Waals surface area contributed by atoms with Gasteiger partial charge in [-0.2, -0.15) is 0 Å². The molecule has 1 aromatic heterocycles. The summed E-state index contributed by atoms with van der Waals surface area (Å²) in [5.74, 6) is 1.68. The van der Waals surface area contributed by atoms with Crippen LogP contribution < -0.4 is 14.8 Å². The number of carbonyl (C=O) groups is 1. The monoisotopic (exact) mass is 360 g/mol. The Morgan fingerprint density at radius 1 is 1.35 bits per heavy atom. The third kappa shape index (κ3) is 5.35. The van der Waals surface area contributed by atoms with E-state index in [0.29, 0.717) is 31.1 Å². The number of aliphatic hydroxyl groups is 1. The number of carbonyl (C=O) groups excluding carboxylic acids is 1. The fraction of sp³-hybridized carbons (Fsp3) is 0.368. The van der Waals surface area contributed by atoms with Gasteiger partial charge in [-0.25, -0.2) is 0 Å². The van der Waals surface area contributed by atoms with Crippen molar-refractivity contribution >= 4 is 12.0 Å². The average Bonchev–Trinajstić information content (AvgIpc) is 2.96. The van der Waals surface area contributed by atoms with Crippen molar-refractivity contribution in [1.29, 1.82) is 0 Å². The van der Waals surface area contributed by atoms with Crippen molar-refractivity contribution in [2.24, 2.45) is 0 Å². The van der Waals surface area contributed by atoms with E-state index in [4.69, 9.17) is 19.1 Å². The van der Waals surface area contributed by atoms with Gasteiger partial charge >= 0.3 is 0 Å². The number of ether oxygens (including phenoxy) is 2. The molecule has 1 aromatic carbocycles. The number of nitrogens with one attached hydrogen (secondary N) is 1. The first kappa shape index (κ1) is 19.5. The maximum atomic E-state index is 11.7. The normalized spacial score (nSPS) is 10.9. The lowest BCUT2D eigenvalue weighted by Crippen LogP contribution is -2.22. The highest BCUT2D eigenvalue weighted by molar-refractivity contribution is 5.91. The molecule has 0 saturated heterocycles. The first-order valence-electron chi connectivity index (χ1n) is 8.34.